The van der Waals surface area contributed by atoms with Crippen LogP contribution in [0.3, 0.4) is 0 Å². The molecule has 1 fully saturated rings. The van der Waals surface area contributed by atoms with Crippen molar-refractivity contribution >= 4 is 34.1 Å². The van der Waals surface area contributed by atoms with Crippen molar-refractivity contribution in [2.45, 2.75) is 17.9 Å². The summed E-state index contributed by atoms with van der Waals surface area (Å²) >= 11 is 7.24. The number of halogens is 1. The number of hydrogen-bond donors (Lipinski definition) is 4. The SMILES string of the molecule is C#C[C@@](C)(c1ccc(Cl)cc1)c1csc(NC(=O)NCC2(O)CNC2)n1. The second-order valence-corrected chi connectivity index (χ2v) is 7.74. The number of nitrogens with one attached hydrogen (secondary N) is 3. The summed E-state index contributed by atoms with van der Waals surface area (Å²) in [6.07, 6.45) is 5.79. The smallest absolute Gasteiger partial charge is 0.321 e. The van der Waals surface area contributed by atoms with Gasteiger partial charge < -0.3 is 15.7 Å². The molecule has 0 radical (unpaired) electrons. The maximum atomic E-state index is 12.0. The van der Waals surface area contributed by atoms with Crippen LogP contribution in [-0.2, 0) is 5.41 Å². The molecule has 26 heavy (non-hydrogen) atoms. The number of urea groups is 1. The number of hydrogen-bond acceptors (Lipinski definition) is 5. The molecule has 4 N–H and O–H groups in total. The van der Waals surface area contributed by atoms with Crippen LogP contribution < -0.4 is 16.0 Å². The number of rotatable bonds is 5. The van der Waals surface area contributed by atoms with Gasteiger partial charge in [-0.1, -0.05) is 29.7 Å². The lowest BCUT2D eigenvalue weighted by Gasteiger charge is -2.37. The molecule has 2 amide bonds. The molecule has 2 heterocycles. The Hall–Kier alpha value is -2.11. The fourth-order valence-electron chi connectivity index (χ4n) is 2.57. The third kappa shape index (κ3) is 3.84. The van der Waals surface area contributed by atoms with E-state index in [1.54, 1.807) is 12.1 Å². The minimum atomic E-state index is -0.873. The number of anilines is 1. The van der Waals surface area contributed by atoms with Crippen molar-refractivity contribution < 1.29 is 9.90 Å². The number of carbonyl (C=O) groups excluding carboxylic acids is 1. The van der Waals surface area contributed by atoms with Crippen molar-refractivity contribution in [2.75, 3.05) is 25.0 Å². The highest BCUT2D eigenvalue weighted by Crippen LogP contribution is 2.33. The molecule has 1 aromatic heterocycles. The first kappa shape index (κ1) is 18.7. The van der Waals surface area contributed by atoms with Crippen LogP contribution in [0.5, 0.6) is 0 Å². The monoisotopic (exact) mass is 390 g/mol. The van der Waals surface area contributed by atoms with E-state index >= 15 is 0 Å². The van der Waals surface area contributed by atoms with E-state index in [0.29, 0.717) is 28.9 Å². The standard InChI is InChI=1S/C18H19ClN4O2S/c1-3-17(2,12-4-6-13(19)7-5-12)14-8-26-16(22-14)23-15(24)21-11-18(25)9-20-10-18/h1,4-8,20,25H,9-11H2,2H3,(H2,21,22,23,24)/t17-/m0/s1. The van der Waals surface area contributed by atoms with E-state index in [9.17, 15) is 9.90 Å². The van der Waals surface area contributed by atoms with Crippen molar-refractivity contribution in [1.29, 1.82) is 0 Å². The summed E-state index contributed by atoms with van der Waals surface area (Å²) in [6, 6.07) is 6.89. The molecule has 3 rings (SSSR count). The van der Waals surface area contributed by atoms with E-state index in [4.69, 9.17) is 18.0 Å². The normalized spacial score (nSPS) is 17.5. The second-order valence-electron chi connectivity index (χ2n) is 6.45. The number of β-amino-alcohol motifs (C(OH)–C–C–N with tert-alkyl or cyclic N) is 1. The molecule has 0 unspecified atom stereocenters. The highest BCUT2D eigenvalue weighted by atomic mass is 35.5. The summed E-state index contributed by atoms with van der Waals surface area (Å²) in [5, 5.41) is 21.1. The molecule has 1 aromatic carbocycles. The van der Waals surface area contributed by atoms with Crippen LogP contribution in [0.25, 0.3) is 0 Å². The molecule has 2 aromatic rings. The van der Waals surface area contributed by atoms with Gasteiger partial charge >= 0.3 is 6.03 Å². The van der Waals surface area contributed by atoms with Gasteiger partial charge in [-0.25, -0.2) is 9.78 Å². The van der Waals surface area contributed by atoms with E-state index in [0.717, 1.165) is 5.56 Å². The van der Waals surface area contributed by atoms with Gasteiger partial charge in [0, 0.05) is 23.5 Å². The van der Waals surface area contributed by atoms with Crippen LogP contribution in [-0.4, -0.2) is 41.4 Å². The first-order valence-corrected chi connectivity index (χ1v) is 9.28. The molecule has 0 bridgehead atoms. The van der Waals surface area contributed by atoms with Crippen LogP contribution >= 0.6 is 22.9 Å². The van der Waals surface area contributed by atoms with E-state index in [1.807, 2.05) is 24.4 Å². The highest BCUT2D eigenvalue weighted by molar-refractivity contribution is 7.14. The van der Waals surface area contributed by atoms with Gasteiger partial charge in [-0.2, -0.15) is 0 Å². The Bertz CT molecular complexity index is 842. The first-order valence-electron chi connectivity index (χ1n) is 8.02. The zero-order chi connectivity index (χ0) is 18.8. The minimum Gasteiger partial charge on any atom is -0.385 e. The van der Waals surface area contributed by atoms with E-state index in [2.05, 4.69) is 26.9 Å². The predicted molar refractivity (Wildman–Crippen MR) is 104 cm³/mol. The van der Waals surface area contributed by atoms with Gasteiger partial charge in [-0.05, 0) is 24.6 Å². The third-order valence-electron chi connectivity index (χ3n) is 4.43. The molecule has 136 valence electrons. The summed E-state index contributed by atoms with van der Waals surface area (Å²) < 4.78 is 0. The Morgan fingerprint density at radius 3 is 2.77 bits per heavy atom. The number of amides is 2. The summed E-state index contributed by atoms with van der Waals surface area (Å²) in [6.45, 7) is 3.01. The molecule has 8 heteroatoms. The number of aromatic nitrogens is 1. The second kappa shape index (κ2) is 7.25. The molecule has 1 aliphatic rings. The summed E-state index contributed by atoms with van der Waals surface area (Å²) in [7, 11) is 0. The van der Waals surface area contributed by atoms with Gasteiger partial charge in [-0.3, -0.25) is 5.32 Å². The maximum absolute atomic E-state index is 12.0. The number of benzene rings is 1. The van der Waals surface area contributed by atoms with Crippen molar-refractivity contribution in [3.63, 3.8) is 0 Å². The average molecular weight is 391 g/mol. The summed E-state index contributed by atoms with van der Waals surface area (Å²) in [4.78, 5) is 16.5. The number of carbonyl (C=O) groups is 1. The Morgan fingerprint density at radius 1 is 1.50 bits per heavy atom. The molecule has 1 atom stereocenters. The Morgan fingerprint density at radius 2 is 2.19 bits per heavy atom. The van der Waals surface area contributed by atoms with Crippen LogP contribution in [0.2, 0.25) is 5.02 Å². The number of thiazole rings is 1. The molecule has 1 saturated heterocycles. The van der Waals surface area contributed by atoms with Gasteiger partial charge in [-0.15, -0.1) is 17.8 Å². The summed E-state index contributed by atoms with van der Waals surface area (Å²) in [5.41, 5.74) is -0.0402. The van der Waals surface area contributed by atoms with Gasteiger partial charge in [0.05, 0.1) is 17.7 Å². The largest absolute Gasteiger partial charge is 0.385 e. The molecular formula is C18H19ClN4O2S. The molecule has 0 spiro atoms. The van der Waals surface area contributed by atoms with Gasteiger partial charge in [0.15, 0.2) is 5.13 Å². The number of aliphatic hydroxyl groups is 1. The lowest BCUT2D eigenvalue weighted by molar-refractivity contribution is -0.00575. The molecule has 1 aliphatic heterocycles. The Labute approximate surface area is 161 Å². The van der Waals surface area contributed by atoms with Crippen LogP contribution in [0.1, 0.15) is 18.2 Å². The van der Waals surface area contributed by atoms with Gasteiger partial charge in [0.1, 0.15) is 5.60 Å². The van der Waals surface area contributed by atoms with Crippen molar-refractivity contribution in [1.82, 2.24) is 15.6 Å². The average Bonchev–Trinajstić information content (AvgIpc) is 3.07. The highest BCUT2D eigenvalue weighted by Gasteiger charge is 2.34. The number of nitrogens with zero attached hydrogens (tertiary/aromatic N) is 1. The number of terminal acetylenes is 1. The maximum Gasteiger partial charge on any atom is 0.321 e. The predicted octanol–water partition coefficient (Wildman–Crippen LogP) is 2.19. The van der Waals surface area contributed by atoms with E-state index < -0.39 is 17.0 Å². The fourth-order valence-corrected chi connectivity index (χ4v) is 3.51. The van der Waals surface area contributed by atoms with Crippen LogP contribution in [0.4, 0.5) is 9.93 Å². The topological polar surface area (TPSA) is 86.3 Å². The van der Waals surface area contributed by atoms with Crippen molar-refractivity contribution in [2.24, 2.45) is 0 Å². The fraction of sp³-hybridized carbons (Fsp3) is 0.333. The van der Waals surface area contributed by atoms with Crippen molar-refractivity contribution in [3.05, 3.63) is 45.9 Å². The van der Waals surface area contributed by atoms with E-state index in [1.165, 1.54) is 11.3 Å². The Kier molecular flexibility index (Phi) is 5.21. The summed E-state index contributed by atoms with van der Waals surface area (Å²) in [5.74, 6) is 2.79. The molecule has 6 nitrogen and oxygen atoms in total. The van der Waals surface area contributed by atoms with Gasteiger partial charge in [0.25, 0.3) is 0 Å². The van der Waals surface area contributed by atoms with Gasteiger partial charge in [0.2, 0.25) is 0 Å². The van der Waals surface area contributed by atoms with E-state index in [-0.39, 0.29) is 6.54 Å². The molecule has 0 aliphatic carbocycles. The van der Waals surface area contributed by atoms with Crippen LogP contribution in [0.15, 0.2) is 29.6 Å². The minimum absolute atomic E-state index is 0.177. The zero-order valence-corrected chi connectivity index (χ0v) is 15.7. The zero-order valence-electron chi connectivity index (χ0n) is 14.2. The lowest BCUT2D eigenvalue weighted by Crippen LogP contribution is -2.64. The lowest BCUT2D eigenvalue weighted by atomic mass is 9.81. The molecular weight excluding hydrogens is 372 g/mol. The van der Waals surface area contributed by atoms with Crippen LogP contribution in [0, 0.1) is 12.3 Å². The molecule has 0 saturated carbocycles. The third-order valence-corrected chi connectivity index (χ3v) is 5.44. The first-order chi connectivity index (χ1) is 12.3. The quantitative estimate of drug-likeness (QED) is 0.589. The van der Waals surface area contributed by atoms with Crippen molar-refractivity contribution in [3.8, 4) is 12.3 Å². The Balaban J connectivity index is 1.68.